The fraction of sp³-hybridized carbons (Fsp3) is 0.778. The lowest BCUT2D eigenvalue weighted by Gasteiger charge is -2.39. The summed E-state index contributed by atoms with van der Waals surface area (Å²) in [5.74, 6) is 0. The highest BCUT2D eigenvalue weighted by Crippen LogP contribution is 2.20. The first kappa shape index (κ1) is 10.5. The molecule has 0 spiro atoms. The molecule has 0 saturated carbocycles. The van der Waals surface area contributed by atoms with Crippen LogP contribution in [-0.4, -0.2) is 27.0 Å². The van der Waals surface area contributed by atoms with Crippen LogP contribution in [0.3, 0.4) is 0 Å². The van der Waals surface area contributed by atoms with E-state index in [1.54, 1.807) is 4.68 Å². The van der Waals surface area contributed by atoms with E-state index in [0.717, 1.165) is 12.8 Å². The summed E-state index contributed by atoms with van der Waals surface area (Å²) in [6.07, 6.45) is 3.43. The van der Waals surface area contributed by atoms with Crippen molar-refractivity contribution in [2.75, 3.05) is 5.01 Å². The van der Waals surface area contributed by atoms with Gasteiger partial charge in [0.05, 0.1) is 0 Å². The third-order valence-corrected chi connectivity index (χ3v) is 3.31. The van der Waals surface area contributed by atoms with E-state index in [2.05, 4.69) is 29.1 Å². The number of hydrogen-bond acceptors (Lipinski definition) is 3. The fourth-order valence-corrected chi connectivity index (χ4v) is 2.54. The first-order chi connectivity index (χ1) is 7.11. The van der Waals surface area contributed by atoms with E-state index < -0.39 is 0 Å². The Hall–Kier alpha value is -1.04. The summed E-state index contributed by atoms with van der Waals surface area (Å²) < 4.78 is 1.99. The maximum atomic E-state index is 11.6. The normalized spacial score (nSPS) is 26.9. The Morgan fingerprint density at radius 3 is 2.33 bits per heavy atom. The summed E-state index contributed by atoms with van der Waals surface area (Å²) in [6, 6.07) is 0.717. The minimum absolute atomic E-state index is 0.180. The van der Waals surface area contributed by atoms with Crippen LogP contribution in [0.1, 0.15) is 33.1 Å². The molecule has 0 bridgehead atoms. The van der Waals surface area contributed by atoms with Gasteiger partial charge in [-0.2, -0.15) is 4.68 Å². The van der Waals surface area contributed by atoms with E-state index in [-0.39, 0.29) is 5.69 Å². The van der Waals surface area contributed by atoms with E-state index in [1.807, 2.05) is 0 Å². The monoisotopic (exact) mass is 228 g/mol. The SMILES string of the molecule is CC1CCCC(C)N1n1c(=O)[nH][nH]c1=S. The Balaban J connectivity index is 2.44. The Morgan fingerprint density at radius 2 is 1.87 bits per heavy atom. The van der Waals surface area contributed by atoms with Gasteiger partial charge in [0.15, 0.2) is 0 Å². The van der Waals surface area contributed by atoms with Crippen molar-refractivity contribution in [3.05, 3.63) is 15.3 Å². The number of nitrogens with zero attached hydrogens (tertiary/aromatic N) is 2. The molecular weight excluding hydrogens is 212 g/mol. The predicted octanol–water partition coefficient (Wildman–Crippen LogP) is 1.13. The zero-order valence-electron chi connectivity index (χ0n) is 8.99. The van der Waals surface area contributed by atoms with Crippen LogP contribution in [-0.2, 0) is 0 Å². The first-order valence-electron chi connectivity index (χ1n) is 5.29. The van der Waals surface area contributed by atoms with Crippen LogP contribution >= 0.6 is 12.2 Å². The molecule has 1 saturated heterocycles. The molecule has 2 unspecified atom stereocenters. The van der Waals surface area contributed by atoms with Gasteiger partial charge in [-0.15, -0.1) is 0 Å². The van der Waals surface area contributed by atoms with E-state index in [1.165, 1.54) is 6.42 Å². The average molecular weight is 228 g/mol. The van der Waals surface area contributed by atoms with E-state index in [9.17, 15) is 4.79 Å². The zero-order chi connectivity index (χ0) is 11.0. The summed E-state index contributed by atoms with van der Waals surface area (Å²) in [5, 5.41) is 7.26. The van der Waals surface area contributed by atoms with Crippen LogP contribution in [0.15, 0.2) is 4.79 Å². The highest BCUT2D eigenvalue weighted by molar-refractivity contribution is 7.71. The quantitative estimate of drug-likeness (QED) is 0.709. The van der Waals surface area contributed by atoms with Crippen LogP contribution < -0.4 is 10.7 Å². The molecular formula is C9H16N4OS. The summed E-state index contributed by atoms with van der Waals surface area (Å²) in [6.45, 7) is 4.26. The zero-order valence-corrected chi connectivity index (χ0v) is 9.80. The largest absolute Gasteiger partial charge is 0.361 e. The van der Waals surface area contributed by atoms with Crippen molar-refractivity contribution in [3.8, 4) is 0 Å². The lowest BCUT2D eigenvalue weighted by molar-refractivity contribution is 0.329. The highest BCUT2D eigenvalue weighted by atomic mass is 32.1. The van der Waals surface area contributed by atoms with E-state index in [0.29, 0.717) is 16.9 Å². The number of aromatic nitrogens is 3. The van der Waals surface area contributed by atoms with Crippen LogP contribution in [0.25, 0.3) is 0 Å². The van der Waals surface area contributed by atoms with E-state index in [4.69, 9.17) is 12.2 Å². The standard InChI is InChI=1S/C9H16N4OS/c1-6-4-3-5-7(2)12(6)13-8(14)10-11-9(13)15/h6-7H,3-5H2,1-2H3,(H,10,14)(H,11,15). The van der Waals surface area contributed by atoms with Crippen molar-refractivity contribution in [2.24, 2.45) is 0 Å². The van der Waals surface area contributed by atoms with Gasteiger partial charge in [-0.25, -0.2) is 9.89 Å². The van der Waals surface area contributed by atoms with Gasteiger partial charge in [0.25, 0.3) is 0 Å². The summed E-state index contributed by atoms with van der Waals surface area (Å²) in [4.78, 5) is 11.6. The van der Waals surface area contributed by atoms with Crippen LogP contribution in [0.2, 0.25) is 0 Å². The molecule has 1 aromatic heterocycles. The first-order valence-corrected chi connectivity index (χ1v) is 5.70. The van der Waals surface area contributed by atoms with Crippen molar-refractivity contribution in [3.63, 3.8) is 0 Å². The number of piperidine rings is 1. The molecule has 2 atom stereocenters. The van der Waals surface area contributed by atoms with Crippen LogP contribution in [0, 0.1) is 4.77 Å². The lowest BCUT2D eigenvalue weighted by Crippen LogP contribution is -2.54. The second-order valence-electron chi connectivity index (χ2n) is 4.18. The van der Waals surface area contributed by atoms with Crippen molar-refractivity contribution in [2.45, 2.75) is 45.2 Å². The molecule has 2 heterocycles. The molecule has 1 aliphatic rings. The molecule has 1 aromatic rings. The molecule has 0 amide bonds. The third kappa shape index (κ3) is 1.73. The maximum absolute atomic E-state index is 11.6. The van der Waals surface area contributed by atoms with Gasteiger partial charge in [0.2, 0.25) is 4.77 Å². The molecule has 2 rings (SSSR count). The van der Waals surface area contributed by atoms with Gasteiger partial charge in [-0.3, -0.25) is 5.10 Å². The number of hydrogen-bond donors (Lipinski definition) is 2. The van der Waals surface area contributed by atoms with Gasteiger partial charge in [0.1, 0.15) is 0 Å². The lowest BCUT2D eigenvalue weighted by atomic mass is 10.00. The fourth-order valence-electron chi connectivity index (χ4n) is 2.32. The van der Waals surface area contributed by atoms with Gasteiger partial charge in [0, 0.05) is 12.1 Å². The number of nitrogens with one attached hydrogen (secondary N) is 2. The molecule has 1 fully saturated rings. The van der Waals surface area contributed by atoms with Crippen molar-refractivity contribution in [1.82, 2.24) is 14.9 Å². The second-order valence-corrected chi connectivity index (χ2v) is 4.57. The molecule has 2 N–H and O–H groups in total. The molecule has 5 nitrogen and oxygen atoms in total. The highest BCUT2D eigenvalue weighted by Gasteiger charge is 2.26. The Morgan fingerprint density at radius 1 is 1.27 bits per heavy atom. The molecule has 6 heteroatoms. The third-order valence-electron chi connectivity index (χ3n) is 3.04. The minimum Gasteiger partial charge on any atom is -0.301 e. The topological polar surface area (TPSA) is 56.8 Å². The number of rotatable bonds is 1. The molecule has 0 radical (unpaired) electrons. The van der Waals surface area contributed by atoms with Crippen LogP contribution in [0.5, 0.6) is 0 Å². The summed E-state index contributed by atoms with van der Waals surface area (Å²) >= 11 is 5.09. The van der Waals surface area contributed by atoms with Gasteiger partial charge in [-0.1, -0.05) is 0 Å². The predicted molar refractivity (Wildman–Crippen MR) is 61.2 cm³/mol. The minimum atomic E-state index is -0.180. The number of aromatic amines is 2. The molecule has 0 aromatic carbocycles. The Kier molecular flexibility index (Phi) is 2.68. The maximum Gasteiger partial charge on any atom is 0.361 e. The molecule has 1 aliphatic heterocycles. The Labute approximate surface area is 93.1 Å². The molecule has 15 heavy (non-hydrogen) atoms. The molecule has 84 valence electrons. The van der Waals surface area contributed by atoms with Gasteiger partial charge < -0.3 is 5.01 Å². The average Bonchev–Trinajstić information content (AvgIpc) is 2.49. The van der Waals surface area contributed by atoms with Crippen molar-refractivity contribution < 1.29 is 0 Å². The number of H-pyrrole nitrogens is 2. The van der Waals surface area contributed by atoms with Crippen LogP contribution in [0.4, 0.5) is 0 Å². The molecule has 0 aliphatic carbocycles. The van der Waals surface area contributed by atoms with Crippen molar-refractivity contribution >= 4 is 12.2 Å². The van der Waals surface area contributed by atoms with Gasteiger partial charge >= 0.3 is 5.69 Å². The van der Waals surface area contributed by atoms with Gasteiger partial charge in [-0.05, 0) is 45.3 Å². The summed E-state index contributed by atoms with van der Waals surface area (Å²) in [7, 11) is 0. The Bertz CT molecular complexity index is 408. The van der Waals surface area contributed by atoms with Crippen molar-refractivity contribution in [1.29, 1.82) is 0 Å². The second kappa shape index (κ2) is 3.84. The summed E-state index contributed by atoms with van der Waals surface area (Å²) in [5.41, 5.74) is -0.180. The smallest absolute Gasteiger partial charge is 0.301 e. The van der Waals surface area contributed by atoms with E-state index >= 15 is 0 Å².